The largest absolute Gasteiger partial charge is 0.396 e. The zero-order valence-electron chi connectivity index (χ0n) is 8.82. The molecule has 6 nitrogen and oxygen atoms in total. The lowest BCUT2D eigenvalue weighted by Crippen LogP contribution is -2.35. The van der Waals surface area contributed by atoms with Gasteiger partial charge in [-0.2, -0.15) is 0 Å². The fourth-order valence-corrected chi connectivity index (χ4v) is 0.962. The Morgan fingerprint density at radius 1 is 1.47 bits per heavy atom. The van der Waals surface area contributed by atoms with Crippen molar-refractivity contribution in [3.05, 3.63) is 12.4 Å². The summed E-state index contributed by atoms with van der Waals surface area (Å²) in [5.74, 6) is 0.300. The average molecular weight is 209 g/mol. The molecule has 0 unspecified atom stereocenters. The van der Waals surface area contributed by atoms with Gasteiger partial charge in [-0.3, -0.25) is 4.79 Å². The number of nitrogen functional groups attached to an aromatic ring is 1. The molecule has 82 valence electrons. The fraction of sp³-hybridized carbons (Fsp3) is 0.444. The van der Waals surface area contributed by atoms with E-state index in [9.17, 15) is 4.79 Å². The van der Waals surface area contributed by atoms with Crippen molar-refractivity contribution < 1.29 is 4.79 Å². The van der Waals surface area contributed by atoms with Crippen molar-refractivity contribution in [2.45, 2.75) is 19.9 Å². The van der Waals surface area contributed by atoms with Crippen molar-refractivity contribution in [3.63, 3.8) is 0 Å². The molecule has 1 aromatic rings. The van der Waals surface area contributed by atoms with Crippen molar-refractivity contribution in [1.82, 2.24) is 15.3 Å². The van der Waals surface area contributed by atoms with Crippen LogP contribution in [-0.4, -0.2) is 28.5 Å². The van der Waals surface area contributed by atoms with E-state index in [1.807, 2.05) is 13.8 Å². The number of nitrogens with one attached hydrogen (secondary N) is 2. The number of hydrogen-bond acceptors (Lipinski definition) is 5. The Bertz CT molecular complexity index is 322. The normalized spacial score (nSPS) is 10.1. The van der Waals surface area contributed by atoms with Crippen LogP contribution in [0, 0.1) is 0 Å². The maximum atomic E-state index is 11.2. The summed E-state index contributed by atoms with van der Waals surface area (Å²) in [6, 6.07) is 0.131. The topological polar surface area (TPSA) is 92.9 Å². The zero-order chi connectivity index (χ0) is 11.3. The summed E-state index contributed by atoms with van der Waals surface area (Å²) in [5, 5.41) is 5.53. The second-order valence-corrected chi connectivity index (χ2v) is 3.42. The number of carbonyl (C=O) groups excluding carboxylic acids is 1. The standard InChI is InChI=1S/C9H15N5O/c1-6(2)14-8(15)5-13-9-11-3-7(10)4-12-9/h3-4,6H,5,10H2,1-2H3,(H,14,15)(H,11,12,13). The summed E-state index contributed by atoms with van der Waals surface area (Å²) in [6.07, 6.45) is 2.96. The van der Waals surface area contributed by atoms with E-state index in [-0.39, 0.29) is 18.5 Å². The predicted molar refractivity (Wildman–Crippen MR) is 58.2 cm³/mol. The number of amides is 1. The molecule has 6 heteroatoms. The van der Waals surface area contributed by atoms with E-state index in [4.69, 9.17) is 5.73 Å². The lowest BCUT2D eigenvalue weighted by atomic mass is 10.4. The van der Waals surface area contributed by atoms with Gasteiger partial charge in [0.05, 0.1) is 24.6 Å². The first-order valence-electron chi connectivity index (χ1n) is 4.68. The molecule has 0 aliphatic rings. The molecule has 1 amide bonds. The number of anilines is 2. The highest BCUT2D eigenvalue weighted by Crippen LogP contribution is 1.99. The summed E-state index contributed by atoms with van der Waals surface area (Å²) in [7, 11) is 0. The molecular weight excluding hydrogens is 194 g/mol. The van der Waals surface area contributed by atoms with Gasteiger partial charge in [0.25, 0.3) is 0 Å². The van der Waals surface area contributed by atoms with Crippen molar-refractivity contribution in [2.75, 3.05) is 17.6 Å². The molecule has 0 aliphatic carbocycles. The minimum Gasteiger partial charge on any atom is -0.396 e. The number of rotatable bonds is 4. The third-order valence-electron chi connectivity index (χ3n) is 1.53. The van der Waals surface area contributed by atoms with Gasteiger partial charge in [-0.05, 0) is 13.8 Å². The highest BCUT2D eigenvalue weighted by molar-refractivity contribution is 5.80. The molecule has 0 fully saturated rings. The second kappa shape index (κ2) is 5.14. The Labute approximate surface area is 88.3 Å². The first kappa shape index (κ1) is 11.2. The molecule has 0 aliphatic heterocycles. The second-order valence-electron chi connectivity index (χ2n) is 3.42. The molecule has 0 saturated heterocycles. The van der Waals surface area contributed by atoms with Crippen LogP contribution in [0.15, 0.2) is 12.4 Å². The lowest BCUT2D eigenvalue weighted by Gasteiger charge is -2.08. The van der Waals surface area contributed by atoms with Crippen molar-refractivity contribution in [1.29, 1.82) is 0 Å². The first-order valence-corrected chi connectivity index (χ1v) is 4.68. The van der Waals surface area contributed by atoms with Gasteiger partial charge in [0.2, 0.25) is 11.9 Å². The van der Waals surface area contributed by atoms with Gasteiger partial charge in [-0.25, -0.2) is 9.97 Å². The van der Waals surface area contributed by atoms with Gasteiger partial charge in [0.15, 0.2) is 0 Å². The third-order valence-corrected chi connectivity index (χ3v) is 1.53. The molecule has 0 radical (unpaired) electrons. The predicted octanol–water partition coefficient (Wildman–Crippen LogP) is -0.00470. The van der Waals surface area contributed by atoms with Crippen LogP contribution < -0.4 is 16.4 Å². The average Bonchev–Trinajstić information content (AvgIpc) is 2.16. The number of hydrogen-bond donors (Lipinski definition) is 3. The molecule has 1 rings (SSSR count). The van der Waals surface area contributed by atoms with E-state index in [1.54, 1.807) is 0 Å². The van der Waals surface area contributed by atoms with Crippen molar-refractivity contribution >= 4 is 17.5 Å². The quantitative estimate of drug-likeness (QED) is 0.648. The summed E-state index contributed by atoms with van der Waals surface area (Å²) >= 11 is 0. The molecule has 1 heterocycles. The molecule has 0 saturated carbocycles. The Balaban J connectivity index is 2.37. The van der Waals surface area contributed by atoms with Crippen LogP contribution in [0.4, 0.5) is 11.6 Å². The molecular formula is C9H15N5O. The van der Waals surface area contributed by atoms with E-state index in [0.29, 0.717) is 11.6 Å². The van der Waals surface area contributed by atoms with E-state index < -0.39 is 0 Å². The van der Waals surface area contributed by atoms with Crippen LogP contribution in [0.5, 0.6) is 0 Å². The fourth-order valence-electron chi connectivity index (χ4n) is 0.962. The van der Waals surface area contributed by atoms with Crippen molar-refractivity contribution in [2.24, 2.45) is 0 Å². The number of nitrogens with zero attached hydrogens (tertiary/aromatic N) is 2. The van der Waals surface area contributed by atoms with Gasteiger partial charge in [-0.15, -0.1) is 0 Å². The number of carbonyl (C=O) groups is 1. The smallest absolute Gasteiger partial charge is 0.239 e. The zero-order valence-corrected chi connectivity index (χ0v) is 8.82. The van der Waals surface area contributed by atoms with Crippen LogP contribution in [0.3, 0.4) is 0 Å². The first-order chi connectivity index (χ1) is 7.08. The van der Waals surface area contributed by atoms with Gasteiger partial charge in [0, 0.05) is 6.04 Å². The van der Waals surface area contributed by atoms with Gasteiger partial charge in [0.1, 0.15) is 0 Å². The van der Waals surface area contributed by atoms with E-state index >= 15 is 0 Å². The van der Waals surface area contributed by atoms with E-state index in [0.717, 1.165) is 0 Å². The summed E-state index contributed by atoms with van der Waals surface area (Å²) in [4.78, 5) is 19.0. The minimum absolute atomic E-state index is 0.0922. The summed E-state index contributed by atoms with van der Waals surface area (Å²) < 4.78 is 0. The molecule has 0 bridgehead atoms. The van der Waals surface area contributed by atoms with E-state index in [2.05, 4.69) is 20.6 Å². The molecule has 4 N–H and O–H groups in total. The third kappa shape index (κ3) is 4.26. The van der Waals surface area contributed by atoms with Gasteiger partial charge in [-0.1, -0.05) is 0 Å². The minimum atomic E-state index is -0.0922. The van der Waals surface area contributed by atoms with Crippen LogP contribution in [0.2, 0.25) is 0 Å². The Morgan fingerprint density at radius 3 is 2.60 bits per heavy atom. The molecule has 0 atom stereocenters. The highest BCUT2D eigenvalue weighted by atomic mass is 16.1. The Morgan fingerprint density at radius 2 is 2.07 bits per heavy atom. The summed E-state index contributed by atoms with van der Waals surface area (Å²) in [5.41, 5.74) is 5.91. The SMILES string of the molecule is CC(C)NC(=O)CNc1ncc(N)cn1. The van der Waals surface area contributed by atoms with Crippen LogP contribution in [-0.2, 0) is 4.79 Å². The molecule has 1 aromatic heterocycles. The van der Waals surface area contributed by atoms with Gasteiger partial charge < -0.3 is 16.4 Å². The highest BCUT2D eigenvalue weighted by Gasteiger charge is 2.03. The summed E-state index contributed by atoms with van der Waals surface area (Å²) in [6.45, 7) is 3.96. The Kier molecular flexibility index (Phi) is 3.84. The molecule has 0 aromatic carbocycles. The van der Waals surface area contributed by atoms with Crippen LogP contribution >= 0.6 is 0 Å². The number of aromatic nitrogens is 2. The molecule has 15 heavy (non-hydrogen) atoms. The number of nitrogens with two attached hydrogens (primary N) is 1. The van der Waals surface area contributed by atoms with Crippen molar-refractivity contribution in [3.8, 4) is 0 Å². The maximum Gasteiger partial charge on any atom is 0.239 e. The lowest BCUT2D eigenvalue weighted by molar-refractivity contribution is -0.119. The van der Waals surface area contributed by atoms with Crippen LogP contribution in [0.1, 0.15) is 13.8 Å². The molecule has 0 spiro atoms. The monoisotopic (exact) mass is 209 g/mol. The maximum absolute atomic E-state index is 11.2. The van der Waals surface area contributed by atoms with Gasteiger partial charge >= 0.3 is 0 Å². The van der Waals surface area contributed by atoms with E-state index in [1.165, 1.54) is 12.4 Å². The van der Waals surface area contributed by atoms with Crippen LogP contribution in [0.25, 0.3) is 0 Å². The Hall–Kier alpha value is -1.85.